The fourth-order valence-corrected chi connectivity index (χ4v) is 1.64. The molecule has 3 N–H and O–H groups in total. The molecule has 5 nitrogen and oxygen atoms in total. The Kier molecular flexibility index (Phi) is 5.36. The normalized spacial score (nSPS) is 27.8. The molecule has 1 heterocycles. The summed E-state index contributed by atoms with van der Waals surface area (Å²) in [6.07, 6.45) is 1.54. The van der Waals surface area contributed by atoms with Crippen molar-refractivity contribution in [3.05, 3.63) is 0 Å². The van der Waals surface area contributed by atoms with Crippen molar-refractivity contribution in [2.75, 3.05) is 19.8 Å². The van der Waals surface area contributed by atoms with Gasteiger partial charge in [0.25, 0.3) is 0 Å². The molecule has 0 aromatic rings. The minimum Gasteiger partial charge on any atom is -0.386 e. The second-order valence-electron chi connectivity index (χ2n) is 4.95. The van der Waals surface area contributed by atoms with Crippen LogP contribution in [0.3, 0.4) is 0 Å². The van der Waals surface area contributed by atoms with E-state index in [0.717, 1.165) is 6.42 Å². The first kappa shape index (κ1) is 14.4. The van der Waals surface area contributed by atoms with E-state index in [9.17, 15) is 9.90 Å². The molecule has 0 aromatic carbocycles. The van der Waals surface area contributed by atoms with Crippen LogP contribution in [-0.2, 0) is 9.53 Å². The second kappa shape index (κ2) is 6.33. The highest BCUT2D eigenvalue weighted by atomic mass is 16.5. The first-order valence-electron chi connectivity index (χ1n) is 6.31. The van der Waals surface area contributed by atoms with E-state index in [1.165, 1.54) is 0 Å². The van der Waals surface area contributed by atoms with E-state index in [2.05, 4.69) is 10.6 Å². The number of hydrogen-bond acceptors (Lipinski definition) is 4. The molecule has 1 rings (SSSR count). The van der Waals surface area contributed by atoms with E-state index < -0.39 is 5.60 Å². The molecule has 1 aliphatic heterocycles. The van der Waals surface area contributed by atoms with Gasteiger partial charge in [-0.2, -0.15) is 0 Å². The van der Waals surface area contributed by atoms with Crippen LogP contribution in [0.1, 0.15) is 33.6 Å². The van der Waals surface area contributed by atoms with Crippen molar-refractivity contribution in [2.45, 2.75) is 51.3 Å². The molecule has 5 heteroatoms. The number of carbonyl (C=O) groups excluding carboxylic acids is 1. The third kappa shape index (κ3) is 4.61. The summed E-state index contributed by atoms with van der Waals surface area (Å²) in [6, 6.07) is -0.113. The highest BCUT2D eigenvalue weighted by molar-refractivity contribution is 5.81. The molecule has 1 saturated heterocycles. The molecule has 17 heavy (non-hydrogen) atoms. The zero-order valence-electron chi connectivity index (χ0n) is 11.0. The molecule has 3 unspecified atom stereocenters. The Labute approximate surface area is 103 Å². The number of amides is 1. The van der Waals surface area contributed by atoms with Gasteiger partial charge >= 0.3 is 0 Å². The number of ether oxygens (including phenoxy) is 1. The molecule has 100 valence electrons. The lowest BCUT2D eigenvalue weighted by atomic mass is 10.0. The van der Waals surface area contributed by atoms with Gasteiger partial charge < -0.3 is 20.5 Å². The van der Waals surface area contributed by atoms with Gasteiger partial charge in [0.2, 0.25) is 5.91 Å². The Morgan fingerprint density at radius 1 is 1.53 bits per heavy atom. The minimum absolute atomic E-state index is 0.0261. The molecule has 0 spiro atoms. The topological polar surface area (TPSA) is 70.6 Å². The fourth-order valence-electron chi connectivity index (χ4n) is 1.64. The monoisotopic (exact) mass is 244 g/mol. The summed E-state index contributed by atoms with van der Waals surface area (Å²) in [5.41, 5.74) is -0.815. The number of aliphatic hydroxyl groups is 1. The van der Waals surface area contributed by atoms with Crippen LogP contribution in [0.4, 0.5) is 0 Å². The summed E-state index contributed by atoms with van der Waals surface area (Å²) in [5, 5.41) is 16.0. The Hall–Kier alpha value is -0.650. The van der Waals surface area contributed by atoms with E-state index >= 15 is 0 Å². The molecule has 1 amide bonds. The summed E-state index contributed by atoms with van der Waals surface area (Å²) in [7, 11) is 0. The van der Waals surface area contributed by atoms with Gasteiger partial charge in [0, 0.05) is 25.6 Å². The molecule has 0 bridgehead atoms. The molecule has 0 radical (unpaired) electrons. The molecule has 3 atom stereocenters. The Bertz CT molecular complexity index is 252. The molecular weight excluding hydrogens is 220 g/mol. The molecule has 1 aliphatic rings. The van der Waals surface area contributed by atoms with E-state index in [1.54, 1.807) is 6.92 Å². The summed E-state index contributed by atoms with van der Waals surface area (Å²) in [4.78, 5) is 11.7. The van der Waals surface area contributed by atoms with Crippen LogP contribution < -0.4 is 10.6 Å². The molecule has 0 aliphatic carbocycles. The van der Waals surface area contributed by atoms with Gasteiger partial charge in [-0.1, -0.05) is 6.92 Å². The maximum Gasteiger partial charge on any atom is 0.237 e. The van der Waals surface area contributed by atoms with E-state index in [0.29, 0.717) is 26.2 Å². The molecule has 0 saturated carbocycles. The number of hydrogen-bond donors (Lipinski definition) is 3. The van der Waals surface area contributed by atoms with Gasteiger partial charge in [-0.15, -0.1) is 0 Å². The summed E-state index contributed by atoms with van der Waals surface area (Å²) >= 11 is 0. The average molecular weight is 244 g/mol. The quantitative estimate of drug-likeness (QED) is 0.616. The number of nitrogens with one attached hydrogen (secondary N) is 2. The van der Waals surface area contributed by atoms with Crippen molar-refractivity contribution < 1.29 is 14.6 Å². The summed E-state index contributed by atoms with van der Waals surface area (Å²) in [6.45, 7) is 7.13. The van der Waals surface area contributed by atoms with Crippen LogP contribution in [0.2, 0.25) is 0 Å². The number of carbonyl (C=O) groups is 1. The van der Waals surface area contributed by atoms with Crippen molar-refractivity contribution in [2.24, 2.45) is 0 Å². The van der Waals surface area contributed by atoms with Crippen molar-refractivity contribution >= 4 is 5.91 Å². The zero-order valence-corrected chi connectivity index (χ0v) is 11.0. The second-order valence-corrected chi connectivity index (χ2v) is 4.95. The van der Waals surface area contributed by atoms with Crippen LogP contribution >= 0.6 is 0 Å². The Morgan fingerprint density at radius 3 is 2.76 bits per heavy atom. The minimum atomic E-state index is -0.815. The molecular formula is C12H24N2O3. The van der Waals surface area contributed by atoms with Crippen LogP contribution in [0.25, 0.3) is 0 Å². The molecule has 1 fully saturated rings. The first-order chi connectivity index (χ1) is 7.97. The lowest BCUT2D eigenvalue weighted by Crippen LogP contribution is -2.50. The van der Waals surface area contributed by atoms with Gasteiger partial charge in [-0.3, -0.25) is 4.79 Å². The maximum atomic E-state index is 11.7. The van der Waals surface area contributed by atoms with E-state index in [1.807, 2.05) is 13.8 Å². The average Bonchev–Trinajstić information content (AvgIpc) is 2.73. The van der Waals surface area contributed by atoms with Crippen molar-refractivity contribution in [1.82, 2.24) is 10.6 Å². The Morgan fingerprint density at radius 2 is 2.24 bits per heavy atom. The lowest BCUT2D eigenvalue weighted by Gasteiger charge is -2.24. The van der Waals surface area contributed by atoms with Gasteiger partial charge in [0.1, 0.15) is 5.60 Å². The smallest absolute Gasteiger partial charge is 0.237 e. The zero-order chi connectivity index (χ0) is 12.9. The largest absolute Gasteiger partial charge is 0.386 e. The maximum absolute atomic E-state index is 11.7. The van der Waals surface area contributed by atoms with Crippen molar-refractivity contribution in [3.63, 3.8) is 0 Å². The standard InChI is InChI=1S/C12H24N2O3/c1-4-9(2)14-11(15)10(3)13-7-12(16)5-6-17-8-12/h9-10,13,16H,4-8H2,1-3H3,(H,14,15). The predicted octanol–water partition coefficient (Wildman–Crippen LogP) is 0.0306. The first-order valence-corrected chi connectivity index (χ1v) is 6.31. The van der Waals surface area contributed by atoms with Crippen LogP contribution in [-0.4, -0.2) is 48.5 Å². The van der Waals surface area contributed by atoms with Gasteiger partial charge in [-0.05, 0) is 20.3 Å². The van der Waals surface area contributed by atoms with Gasteiger partial charge in [-0.25, -0.2) is 0 Å². The molecule has 0 aromatic heterocycles. The highest BCUT2D eigenvalue weighted by Crippen LogP contribution is 2.17. The Balaban J connectivity index is 2.28. The van der Waals surface area contributed by atoms with Crippen LogP contribution in [0.15, 0.2) is 0 Å². The van der Waals surface area contributed by atoms with E-state index in [-0.39, 0.29) is 18.0 Å². The summed E-state index contributed by atoms with van der Waals surface area (Å²) < 4.78 is 5.14. The van der Waals surface area contributed by atoms with Crippen LogP contribution in [0, 0.1) is 0 Å². The predicted molar refractivity (Wildman–Crippen MR) is 65.7 cm³/mol. The number of rotatable bonds is 6. The lowest BCUT2D eigenvalue weighted by molar-refractivity contribution is -0.123. The van der Waals surface area contributed by atoms with Crippen molar-refractivity contribution in [3.8, 4) is 0 Å². The highest BCUT2D eigenvalue weighted by Gasteiger charge is 2.32. The third-order valence-corrected chi connectivity index (χ3v) is 3.21. The SMILES string of the molecule is CCC(C)NC(=O)C(C)NCC1(O)CCOC1. The van der Waals surface area contributed by atoms with Crippen molar-refractivity contribution in [1.29, 1.82) is 0 Å². The van der Waals surface area contributed by atoms with Gasteiger partial charge in [0.05, 0.1) is 12.6 Å². The fraction of sp³-hybridized carbons (Fsp3) is 0.917. The van der Waals surface area contributed by atoms with Crippen LogP contribution in [0.5, 0.6) is 0 Å². The third-order valence-electron chi connectivity index (χ3n) is 3.21. The van der Waals surface area contributed by atoms with E-state index in [4.69, 9.17) is 4.74 Å². The summed E-state index contributed by atoms with van der Waals surface area (Å²) in [5.74, 6) is -0.0261. The van der Waals surface area contributed by atoms with Gasteiger partial charge in [0.15, 0.2) is 0 Å².